The number of carbonyl (C=O) groups is 1. The van der Waals surface area contributed by atoms with Gasteiger partial charge < -0.3 is 14.9 Å². The highest BCUT2D eigenvalue weighted by Gasteiger charge is 2.42. The molecular weight excluding hydrogens is 338 g/mol. The maximum Gasteiger partial charge on any atom is 0.255 e. The summed E-state index contributed by atoms with van der Waals surface area (Å²) in [5.74, 6) is 0.705. The molecule has 0 spiro atoms. The third kappa shape index (κ3) is 5.76. The average molecular weight is 374 g/mol. The minimum absolute atomic E-state index is 0.0609. The van der Waals surface area contributed by atoms with Crippen molar-refractivity contribution in [3.63, 3.8) is 0 Å². The second kappa shape index (κ2) is 9.65. The van der Waals surface area contributed by atoms with Gasteiger partial charge in [-0.1, -0.05) is 38.2 Å². The lowest BCUT2D eigenvalue weighted by molar-refractivity contribution is -0.159. The lowest BCUT2D eigenvalue weighted by Gasteiger charge is -2.40. The third-order valence-electron chi connectivity index (χ3n) is 6.24. The van der Waals surface area contributed by atoms with Crippen molar-refractivity contribution in [2.75, 3.05) is 33.2 Å². The van der Waals surface area contributed by atoms with Crippen LogP contribution in [0, 0.1) is 5.92 Å². The lowest BCUT2D eigenvalue weighted by Crippen LogP contribution is -2.58. The Bertz CT molecular complexity index is 588. The summed E-state index contributed by atoms with van der Waals surface area (Å²) < 4.78 is 0. The van der Waals surface area contributed by atoms with E-state index in [1.807, 2.05) is 30.1 Å². The second-order valence-electron chi connectivity index (χ2n) is 8.53. The van der Waals surface area contributed by atoms with Crippen molar-refractivity contribution in [3.8, 4) is 0 Å². The molecular formula is C22H35N3O2. The van der Waals surface area contributed by atoms with E-state index in [9.17, 15) is 9.90 Å². The van der Waals surface area contributed by atoms with Gasteiger partial charge in [0, 0.05) is 44.5 Å². The van der Waals surface area contributed by atoms with Gasteiger partial charge in [0.2, 0.25) is 0 Å². The molecule has 5 nitrogen and oxygen atoms in total. The van der Waals surface area contributed by atoms with E-state index in [1.54, 1.807) is 6.20 Å². The Morgan fingerprint density at radius 2 is 2.07 bits per heavy atom. The summed E-state index contributed by atoms with van der Waals surface area (Å²) in [6.45, 7) is 2.79. The van der Waals surface area contributed by atoms with E-state index < -0.39 is 5.60 Å². The van der Waals surface area contributed by atoms with E-state index in [4.69, 9.17) is 0 Å². The van der Waals surface area contributed by atoms with Crippen LogP contribution in [-0.4, -0.2) is 64.6 Å². The first-order chi connectivity index (χ1) is 13.1. The Hall–Kier alpha value is -1.46. The summed E-state index contributed by atoms with van der Waals surface area (Å²) in [5.41, 5.74) is -0.190. The molecule has 1 aliphatic heterocycles. The Kier molecular flexibility index (Phi) is 7.25. The number of hydrogen-bond acceptors (Lipinski definition) is 4. The van der Waals surface area contributed by atoms with Crippen LogP contribution in [0.5, 0.6) is 0 Å². The Labute approximate surface area is 163 Å². The predicted octanol–water partition coefficient (Wildman–Crippen LogP) is 2.88. The number of rotatable bonds is 8. The molecule has 0 aromatic carbocycles. The zero-order valence-corrected chi connectivity index (χ0v) is 16.8. The van der Waals surface area contributed by atoms with Gasteiger partial charge in [0.25, 0.3) is 5.91 Å². The molecule has 2 heterocycles. The second-order valence-corrected chi connectivity index (χ2v) is 8.53. The number of aromatic nitrogens is 1. The number of hydrogen-bond donors (Lipinski definition) is 1. The third-order valence-corrected chi connectivity index (χ3v) is 6.24. The molecule has 1 amide bonds. The first kappa shape index (κ1) is 20.3. The Morgan fingerprint density at radius 1 is 1.26 bits per heavy atom. The average Bonchev–Trinajstić information content (AvgIpc) is 2.69. The zero-order chi connectivity index (χ0) is 19.1. The number of carbonyl (C=O) groups excluding carboxylic acids is 1. The molecule has 5 heteroatoms. The highest BCUT2D eigenvalue weighted by molar-refractivity contribution is 5.86. The Balaban J connectivity index is 1.48. The molecule has 1 atom stereocenters. The van der Waals surface area contributed by atoms with Crippen LogP contribution in [0.4, 0.5) is 0 Å². The molecule has 150 valence electrons. The quantitative estimate of drug-likeness (QED) is 0.761. The van der Waals surface area contributed by atoms with Crippen molar-refractivity contribution >= 4 is 5.91 Å². The number of pyridine rings is 1. The van der Waals surface area contributed by atoms with E-state index in [2.05, 4.69) is 9.88 Å². The maximum absolute atomic E-state index is 13.0. The summed E-state index contributed by atoms with van der Waals surface area (Å²) >= 11 is 0. The molecule has 1 aromatic rings. The van der Waals surface area contributed by atoms with Crippen molar-refractivity contribution in [1.29, 1.82) is 0 Å². The van der Waals surface area contributed by atoms with Crippen LogP contribution >= 0.6 is 0 Å². The van der Waals surface area contributed by atoms with E-state index in [1.165, 1.54) is 32.1 Å². The van der Waals surface area contributed by atoms with Crippen LogP contribution < -0.4 is 0 Å². The molecule has 0 radical (unpaired) electrons. The van der Waals surface area contributed by atoms with Gasteiger partial charge in [-0.3, -0.25) is 9.78 Å². The van der Waals surface area contributed by atoms with Gasteiger partial charge in [0.05, 0.1) is 0 Å². The summed E-state index contributed by atoms with van der Waals surface area (Å²) in [7, 11) is 1.98. The topological polar surface area (TPSA) is 56.7 Å². The fourth-order valence-electron chi connectivity index (χ4n) is 4.62. The highest BCUT2D eigenvalue weighted by atomic mass is 16.3. The van der Waals surface area contributed by atoms with Gasteiger partial charge in [-0.15, -0.1) is 0 Å². The van der Waals surface area contributed by atoms with Crippen LogP contribution in [0.2, 0.25) is 0 Å². The first-order valence-electron chi connectivity index (χ1n) is 10.7. The van der Waals surface area contributed by atoms with Crippen LogP contribution in [0.3, 0.4) is 0 Å². The normalized spacial score (nSPS) is 24.6. The van der Waals surface area contributed by atoms with E-state index >= 15 is 0 Å². The smallest absolute Gasteiger partial charge is 0.255 e. The SMILES string of the molecule is CN(CCc1ccccn1)C[C@@]1(O)CCCN(CCC2CCCCC2)C1=O. The van der Waals surface area contributed by atoms with Gasteiger partial charge >= 0.3 is 0 Å². The van der Waals surface area contributed by atoms with E-state index in [0.29, 0.717) is 13.0 Å². The van der Waals surface area contributed by atoms with Crippen LogP contribution in [0.25, 0.3) is 0 Å². The van der Waals surface area contributed by atoms with Crippen LogP contribution in [0.1, 0.15) is 57.1 Å². The zero-order valence-electron chi connectivity index (χ0n) is 16.8. The van der Waals surface area contributed by atoms with Crippen LogP contribution in [0.15, 0.2) is 24.4 Å². The number of likely N-dealkylation sites (N-methyl/N-ethyl adjacent to an activating group) is 1. The Morgan fingerprint density at radius 3 is 2.81 bits per heavy atom. The summed E-state index contributed by atoms with van der Waals surface area (Å²) in [5, 5.41) is 11.1. The number of nitrogens with zero attached hydrogens (tertiary/aromatic N) is 3. The van der Waals surface area contributed by atoms with Crippen LogP contribution in [-0.2, 0) is 11.2 Å². The van der Waals surface area contributed by atoms with Gasteiger partial charge in [-0.2, -0.15) is 0 Å². The van der Waals surface area contributed by atoms with Crippen molar-refractivity contribution in [3.05, 3.63) is 30.1 Å². The van der Waals surface area contributed by atoms with Crippen molar-refractivity contribution in [2.45, 2.75) is 63.4 Å². The van der Waals surface area contributed by atoms with E-state index in [-0.39, 0.29) is 5.91 Å². The fourth-order valence-corrected chi connectivity index (χ4v) is 4.62. The molecule has 1 saturated carbocycles. The minimum Gasteiger partial charge on any atom is -0.379 e. The molecule has 1 N–H and O–H groups in total. The predicted molar refractivity (Wildman–Crippen MR) is 107 cm³/mol. The van der Waals surface area contributed by atoms with E-state index in [0.717, 1.165) is 50.5 Å². The van der Waals surface area contributed by atoms with Crippen molar-refractivity contribution in [1.82, 2.24) is 14.8 Å². The molecule has 1 aliphatic carbocycles. The molecule has 3 rings (SSSR count). The number of piperidine rings is 1. The van der Waals surface area contributed by atoms with Gasteiger partial charge in [0.1, 0.15) is 0 Å². The van der Waals surface area contributed by atoms with Gasteiger partial charge in [0.15, 0.2) is 5.60 Å². The highest BCUT2D eigenvalue weighted by Crippen LogP contribution is 2.28. The monoisotopic (exact) mass is 373 g/mol. The van der Waals surface area contributed by atoms with Gasteiger partial charge in [-0.25, -0.2) is 0 Å². The molecule has 0 bridgehead atoms. The lowest BCUT2D eigenvalue weighted by atomic mass is 9.86. The number of likely N-dealkylation sites (tertiary alicyclic amines) is 1. The van der Waals surface area contributed by atoms with Gasteiger partial charge in [-0.05, 0) is 44.4 Å². The molecule has 1 aromatic heterocycles. The molecule has 0 unspecified atom stereocenters. The van der Waals surface area contributed by atoms with Crippen molar-refractivity contribution in [2.24, 2.45) is 5.92 Å². The summed E-state index contributed by atoms with van der Waals surface area (Å²) in [6.07, 6.45) is 11.8. The molecule has 2 fully saturated rings. The minimum atomic E-state index is -1.23. The summed E-state index contributed by atoms with van der Waals surface area (Å²) in [4.78, 5) is 21.3. The number of amides is 1. The number of aliphatic hydroxyl groups is 1. The standard InChI is InChI=1S/C22H35N3O2/c1-24(16-12-20-10-5-6-14-23-20)18-22(27)13-7-15-25(21(22)26)17-11-19-8-3-2-4-9-19/h5-6,10,14,19,27H,2-4,7-9,11-13,15-18H2,1H3/t22-/m0/s1. The molecule has 1 saturated heterocycles. The molecule has 27 heavy (non-hydrogen) atoms. The largest absolute Gasteiger partial charge is 0.379 e. The first-order valence-corrected chi connectivity index (χ1v) is 10.7. The fraction of sp³-hybridized carbons (Fsp3) is 0.727. The molecule has 2 aliphatic rings. The van der Waals surface area contributed by atoms with Crippen molar-refractivity contribution < 1.29 is 9.90 Å². The maximum atomic E-state index is 13.0. The summed E-state index contributed by atoms with van der Waals surface area (Å²) in [6, 6.07) is 5.92.